The van der Waals surface area contributed by atoms with E-state index in [-0.39, 0.29) is 11.4 Å². The van der Waals surface area contributed by atoms with E-state index in [1.807, 2.05) is 30.3 Å². The summed E-state index contributed by atoms with van der Waals surface area (Å²) >= 11 is 0. The summed E-state index contributed by atoms with van der Waals surface area (Å²) in [7, 11) is 2.16. The van der Waals surface area contributed by atoms with Gasteiger partial charge in [-0.3, -0.25) is 4.79 Å². The number of piperidine rings is 1. The molecule has 1 saturated heterocycles. The van der Waals surface area contributed by atoms with Crippen LogP contribution < -0.4 is 0 Å². The van der Waals surface area contributed by atoms with Gasteiger partial charge in [0.15, 0.2) is 0 Å². The molecule has 0 aliphatic carbocycles. The van der Waals surface area contributed by atoms with E-state index >= 15 is 0 Å². The molecule has 2 aliphatic rings. The number of benzene rings is 2. The smallest absolute Gasteiger partial charge is 0.255 e. The first-order chi connectivity index (χ1) is 11.2. The van der Waals surface area contributed by atoms with E-state index in [0.29, 0.717) is 6.54 Å². The molecule has 3 heteroatoms. The van der Waals surface area contributed by atoms with Crippen molar-refractivity contribution in [2.24, 2.45) is 0 Å². The molecule has 0 atom stereocenters. The second-order valence-electron chi connectivity index (χ2n) is 6.76. The summed E-state index contributed by atoms with van der Waals surface area (Å²) in [5.41, 5.74) is 3.20. The van der Waals surface area contributed by atoms with E-state index < -0.39 is 0 Å². The van der Waals surface area contributed by atoms with Gasteiger partial charge in [0, 0.05) is 25.2 Å². The van der Waals surface area contributed by atoms with Crippen LogP contribution >= 0.6 is 0 Å². The molecule has 2 aromatic rings. The predicted molar refractivity (Wildman–Crippen MR) is 91.2 cm³/mol. The molecule has 2 heterocycles. The Labute approximate surface area is 137 Å². The molecular formula is C20H22N2O. The van der Waals surface area contributed by atoms with Crippen molar-refractivity contribution in [3.63, 3.8) is 0 Å². The van der Waals surface area contributed by atoms with Crippen LogP contribution in [0.2, 0.25) is 0 Å². The fourth-order valence-electron chi connectivity index (χ4n) is 4.08. The first kappa shape index (κ1) is 14.5. The zero-order valence-corrected chi connectivity index (χ0v) is 13.5. The summed E-state index contributed by atoms with van der Waals surface area (Å²) in [6.45, 7) is 2.76. The van der Waals surface area contributed by atoms with Crippen LogP contribution in [0.4, 0.5) is 0 Å². The fourth-order valence-corrected chi connectivity index (χ4v) is 4.08. The van der Waals surface area contributed by atoms with E-state index in [0.717, 1.165) is 31.5 Å². The van der Waals surface area contributed by atoms with Crippen molar-refractivity contribution in [1.29, 1.82) is 0 Å². The number of amides is 1. The fraction of sp³-hybridized carbons (Fsp3) is 0.350. The van der Waals surface area contributed by atoms with E-state index in [9.17, 15) is 4.79 Å². The van der Waals surface area contributed by atoms with Crippen molar-refractivity contribution in [3.05, 3.63) is 71.3 Å². The molecule has 1 spiro atoms. The second-order valence-corrected chi connectivity index (χ2v) is 6.76. The quantitative estimate of drug-likeness (QED) is 0.850. The van der Waals surface area contributed by atoms with Crippen LogP contribution in [0.1, 0.15) is 34.3 Å². The lowest BCUT2D eigenvalue weighted by Gasteiger charge is -2.44. The van der Waals surface area contributed by atoms with Gasteiger partial charge in [-0.1, -0.05) is 48.5 Å². The molecule has 4 rings (SSSR count). The molecule has 0 bridgehead atoms. The monoisotopic (exact) mass is 306 g/mol. The largest absolute Gasteiger partial charge is 0.324 e. The van der Waals surface area contributed by atoms with Crippen LogP contribution in [-0.4, -0.2) is 35.8 Å². The van der Waals surface area contributed by atoms with E-state index in [1.165, 1.54) is 11.1 Å². The van der Waals surface area contributed by atoms with Crippen molar-refractivity contribution in [2.75, 3.05) is 20.1 Å². The maximum atomic E-state index is 13.1. The molecule has 0 aromatic heterocycles. The summed E-state index contributed by atoms with van der Waals surface area (Å²) in [5, 5.41) is 0. The summed E-state index contributed by atoms with van der Waals surface area (Å²) in [6.07, 6.45) is 2.03. The first-order valence-electron chi connectivity index (χ1n) is 8.35. The Hall–Kier alpha value is -2.13. The highest BCUT2D eigenvalue weighted by Gasteiger charge is 2.50. The Kier molecular flexibility index (Phi) is 3.46. The van der Waals surface area contributed by atoms with Crippen LogP contribution in [0.3, 0.4) is 0 Å². The number of rotatable bonds is 2. The van der Waals surface area contributed by atoms with Crippen molar-refractivity contribution in [3.8, 4) is 0 Å². The molecule has 2 aliphatic heterocycles. The van der Waals surface area contributed by atoms with Gasteiger partial charge >= 0.3 is 0 Å². The molecule has 0 N–H and O–H groups in total. The highest BCUT2D eigenvalue weighted by atomic mass is 16.2. The van der Waals surface area contributed by atoms with Gasteiger partial charge < -0.3 is 9.80 Å². The Morgan fingerprint density at radius 2 is 1.61 bits per heavy atom. The Morgan fingerprint density at radius 1 is 0.957 bits per heavy atom. The maximum absolute atomic E-state index is 13.1. The second kappa shape index (κ2) is 5.50. The highest BCUT2D eigenvalue weighted by molar-refractivity contribution is 6.00. The average molecular weight is 306 g/mol. The number of likely N-dealkylation sites (tertiary alicyclic amines) is 1. The number of nitrogens with zero attached hydrogens (tertiary/aromatic N) is 2. The maximum Gasteiger partial charge on any atom is 0.255 e. The summed E-state index contributed by atoms with van der Waals surface area (Å²) in [4.78, 5) is 17.6. The van der Waals surface area contributed by atoms with Gasteiger partial charge in [-0.15, -0.1) is 0 Å². The number of hydrogen-bond acceptors (Lipinski definition) is 2. The number of carbonyl (C=O) groups is 1. The SMILES string of the molecule is CN1CCC2(CC1)c1ccccc1C(=O)N2Cc1ccccc1. The van der Waals surface area contributed by atoms with E-state index in [4.69, 9.17) is 0 Å². The predicted octanol–water partition coefficient (Wildman–Crippen LogP) is 3.26. The number of carbonyl (C=O) groups excluding carboxylic acids is 1. The van der Waals surface area contributed by atoms with Gasteiger partial charge in [-0.25, -0.2) is 0 Å². The zero-order chi connectivity index (χ0) is 15.9. The Bertz CT molecular complexity index is 717. The topological polar surface area (TPSA) is 23.6 Å². The normalized spacial score (nSPS) is 20.0. The molecule has 2 aromatic carbocycles. The van der Waals surface area contributed by atoms with Gasteiger partial charge in [0.2, 0.25) is 0 Å². The first-order valence-corrected chi connectivity index (χ1v) is 8.35. The van der Waals surface area contributed by atoms with Gasteiger partial charge in [0.1, 0.15) is 0 Å². The van der Waals surface area contributed by atoms with Gasteiger partial charge in [-0.2, -0.15) is 0 Å². The highest BCUT2D eigenvalue weighted by Crippen LogP contribution is 2.46. The van der Waals surface area contributed by atoms with Crippen molar-refractivity contribution >= 4 is 5.91 Å². The molecule has 0 unspecified atom stereocenters. The van der Waals surface area contributed by atoms with Crippen molar-refractivity contribution < 1.29 is 4.79 Å². The lowest BCUT2D eigenvalue weighted by Crippen LogP contribution is -2.50. The summed E-state index contributed by atoms with van der Waals surface area (Å²) in [6, 6.07) is 18.5. The average Bonchev–Trinajstić information content (AvgIpc) is 2.82. The lowest BCUT2D eigenvalue weighted by atomic mass is 9.80. The van der Waals surface area contributed by atoms with Gasteiger partial charge in [-0.05, 0) is 37.1 Å². The van der Waals surface area contributed by atoms with Crippen molar-refractivity contribution in [2.45, 2.75) is 24.9 Å². The lowest BCUT2D eigenvalue weighted by molar-refractivity contribution is 0.0273. The Morgan fingerprint density at radius 3 is 2.35 bits per heavy atom. The standard InChI is InChI=1S/C20H22N2O/c1-21-13-11-20(12-14-21)18-10-6-5-9-17(18)19(23)22(20)15-16-7-3-2-4-8-16/h2-10H,11-15H2,1H3. The minimum absolute atomic E-state index is 0.129. The molecule has 1 amide bonds. The number of fused-ring (bicyclic) bond motifs is 2. The third-order valence-electron chi connectivity index (χ3n) is 5.42. The minimum atomic E-state index is -0.129. The van der Waals surface area contributed by atoms with E-state index in [2.05, 4.69) is 41.1 Å². The minimum Gasteiger partial charge on any atom is -0.324 e. The molecular weight excluding hydrogens is 284 g/mol. The van der Waals surface area contributed by atoms with Gasteiger partial charge in [0.25, 0.3) is 5.91 Å². The third kappa shape index (κ3) is 2.27. The molecule has 1 fully saturated rings. The van der Waals surface area contributed by atoms with Crippen LogP contribution in [0.15, 0.2) is 54.6 Å². The molecule has 0 radical (unpaired) electrons. The Balaban J connectivity index is 1.76. The summed E-state index contributed by atoms with van der Waals surface area (Å²) < 4.78 is 0. The molecule has 118 valence electrons. The van der Waals surface area contributed by atoms with E-state index in [1.54, 1.807) is 0 Å². The van der Waals surface area contributed by atoms with Crippen LogP contribution in [-0.2, 0) is 12.1 Å². The number of hydrogen-bond donors (Lipinski definition) is 0. The van der Waals surface area contributed by atoms with Crippen LogP contribution in [0, 0.1) is 0 Å². The third-order valence-corrected chi connectivity index (χ3v) is 5.42. The molecule has 3 nitrogen and oxygen atoms in total. The van der Waals surface area contributed by atoms with Crippen molar-refractivity contribution in [1.82, 2.24) is 9.80 Å². The zero-order valence-electron chi connectivity index (χ0n) is 13.5. The van der Waals surface area contributed by atoms with Gasteiger partial charge in [0.05, 0.1) is 5.54 Å². The van der Waals surface area contributed by atoms with Crippen LogP contribution in [0.25, 0.3) is 0 Å². The molecule has 23 heavy (non-hydrogen) atoms. The summed E-state index contributed by atoms with van der Waals surface area (Å²) in [5.74, 6) is 0.189. The molecule has 0 saturated carbocycles. The van der Waals surface area contributed by atoms with Crippen LogP contribution in [0.5, 0.6) is 0 Å².